The van der Waals surface area contributed by atoms with Crippen molar-refractivity contribution in [1.29, 1.82) is 0 Å². The second-order valence-corrected chi connectivity index (χ2v) is 6.47. The molecule has 0 saturated heterocycles. The van der Waals surface area contributed by atoms with Gasteiger partial charge in [0.1, 0.15) is 0 Å². The predicted octanol–water partition coefficient (Wildman–Crippen LogP) is 4.79. The third-order valence-corrected chi connectivity index (χ3v) is 3.77. The van der Waals surface area contributed by atoms with Crippen molar-refractivity contribution in [2.24, 2.45) is 5.41 Å². The Labute approximate surface area is 108 Å². The topological polar surface area (TPSA) is 12.9 Å². The zero-order valence-electron chi connectivity index (χ0n) is 10.7. The lowest BCUT2D eigenvalue weighted by Gasteiger charge is -2.17. The molecule has 0 amide bonds. The number of hydrogen-bond acceptors (Lipinski definition) is 2. The molecule has 2 aromatic rings. The van der Waals surface area contributed by atoms with Crippen molar-refractivity contribution >= 4 is 11.3 Å². The van der Waals surface area contributed by atoms with Gasteiger partial charge in [0, 0.05) is 6.20 Å². The molecular formula is C15H19NS. The van der Waals surface area contributed by atoms with E-state index in [1.54, 1.807) is 11.3 Å². The van der Waals surface area contributed by atoms with E-state index in [4.69, 9.17) is 0 Å². The predicted molar refractivity (Wildman–Crippen MR) is 75.3 cm³/mol. The van der Waals surface area contributed by atoms with Crippen LogP contribution in [0.15, 0.2) is 35.8 Å². The van der Waals surface area contributed by atoms with Crippen LogP contribution >= 0.6 is 11.3 Å². The van der Waals surface area contributed by atoms with Crippen molar-refractivity contribution in [3.05, 3.63) is 41.4 Å². The first-order valence-electron chi connectivity index (χ1n) is 6.04. The summed E-state index contributed by atoms with van der Waals surface area (Å²) < 4.78 is 0. The Kier molecular flexibility index (Phi) is 3.63. The van der Waals surface area contributed by atoms with Gasteiger partial charge in [-0.3, -0.25) is 4.98 Å². The van der Waals surface area contributed by atoms with Crippen LogP contribution < -0.4 is 0 Å². The van der Waals surface area contributed by atoms with Crippen molar-refractivity contribution in [2.75, 3.05) is 0 Å². The lowest BCUT2D eigenvalue weighted by molar-refractivity contribution is 0.378. The van der Waals surface area contributed by atoms with Gasteiger partial charge in [0.15, 0.2) is 0 Å². The lowest BCUT2D eigenvalue weighted by atomic mass is 9.88. The maximum Gasteiger partial charge on any atom is 0.0804 e. The van der Waals surface area contributed by atoms with Crippen LogP contribution in [0, 0.1) is 5.41 Å². The summed E-state index contributed by atoms with van der Waals surface area (Å²) >= 11 is 1.79. The molecule has 0 radical (unpaired) electrons. The fraction of sp³-hybridized carbons (Fsp3) is 0.400. The van der Waals surface area contributed by atoms with E-state index in [9.17, 15) is 0 Å². The van der Waals surface area contributed by atoms with Crippen LogP contribution in [0.2, 0.25) is 0 Å². The first kappa shape index (κ1) is 12.3. The molecule has 0 aliphatic carbocycles. The molecule has 0 aliphatic rings. The minimum atomic E-state index is 0.392. The Balaban J connectivity index is 2.18. The Morgan fingerprint density at radius 3 is 2.65 bits per heavy atom. The van der Waals surface area contributed by atoms with Gasteiger partial charge in [-0.15, -0.1) is 11.3 Å². The molecule has 0 saturated carbocycles. The van der Waals surface area contributed by atoms with E-state index < -0.39 is 0 Å². The number of rotatable bonds is 3. The van der Waals surface area contributed by atoms with Gasteiger partial charge in [0.25, 0.3) is 0 Å². The largest absolute Gasteiger partial charge is 0.255 e. The van der Waals surface area contributed by atoms with E-state index >= 15 is 0 Å². The van der Waals surface area contributed by atoms with E-state index in [1.807, 2.05) is 12.3 Å². The number of thiophene rings is 1. The average Bonchev–Trinajstić information content (AvgIpc) is 2.75. The smallest absolute Gasteiger partial charge is 0.0804 e. The van der Waals surface area contributed by atoms with Crippen LogP contribution in [-0.4, -0.2) is 4.98 Å². The molecule has 2 aromatic heterocycles. The normalized spacial score (nSPS) is 11.7. The van der Waals surface area contributed by atoms with Crippen LogP contribution in [0.4, 0.5) is 0 Å². The number of pyridine rings is 1. The second-order valence-electron chi connectivity index (χ2n) is 5.55. The lowest BCUT2D eigenvalue weighted by Crippen LogP contribution is -2.06. The van der Waals surface area contributed by atoms with E-state index in [-0.39, 0.29) is 0 Å². The molecule has 0 fully saturated rings. The molecule has 0 N–H and O–H groups in total. The molecule has 2 rings (SSSR count). The highest BCUT2D eigenvalue weighted by atomic mass is 32.1. The highest BCUT2D eigenvalue weighted by Crippen LogP contribution is 2.31. The molecule has 17 heavy (non-hydrogen) atoms. The molecule has 0 unspecified atom stereocenters. The van der Waals surface area contributed by atoms with Gasteiger partial charge in [-0.2, -0.15) is 0 Å². The second kappa shape index (κ2) is 5.01. The Morgan fingerprint density at radius 2 is 2.00 bits per heavy atom. The van der Waals surface area contributed by atoms with Gasteiger partial charge >= 0.3 is 0 Å². The van der Waals surface area contributed by atoms with Gasteiger partial charge in [-0.25, -0.2) is 0 Å². The summed E-state index contributed by atoms with van der Waals surface area (Å²) in [4.78, 5) is 5.77. The standard InChI is InChI=1S/C15H19NS/c1-15(2,3)9-7-12-8-11-17-14(12)13-6-4-5-10-16-13/h4-6,8,10-11H,7,9H2,1-3H3. The molecule has 0 aliphatic heterocycles. The highest BCUT2D eigenvalue weighted by molar-refractivity contribution is 7.13. The monoisotopic (exact) mass is 245 g/mol. The molecule has 0 spiro atoms. The highest BCUT2D eigenvalue weighted by Gasteiger charge is 2.13. The summed E-state index contributed by atoms with van der Waals surface area (Å²) in [6, 6.07) is 8.34. The minimum absolute atomic E-state index is 0.392. The van der Waals surface area contributed by atoms with Gasteiger partial charge in [0.05, 0.1) is 10.6 Å². The molecule has 1 nitrogen and oxygen atoms in total. The van der Waals surface area contributed by atoms with E-state index in [1.165, 1.54) is 16.9 Å². The molecule has 0 aromatic carbocycles. The maximum atomic E-state index is 4.44. The molecular weight excluding hydrogens is 226 g/mol. The summed E-state index contributed by atoms with van der Waals surface area (Å²) in [6.07, 6.45) is 4.21. The van der Waals surface area contributed by atoms with Gasteiger partial charge < -0.3 is 0 Å². The van der Waals surface area contributed by atoms with Crippen molar-refractivity contribution in [3.63, 3.8) is 0 Å². The zero-order chi connectivity index (χ0) is 12.3. The van der Waals surface area contributed by atoms with Crippen molar-refractivity contribution in [3.8, 4) is 10.6 Å². The van der Waals surface area contributed by atoms with Crippen LogP contribution in [0.5, 0.6) is 0 Å². The third kappa shape index (κ3) is 3.40. The Morgan fingerprint density at radius 1 is 1.18 bits per heavy atom. The first-order valence-corrected chi connectivity index (χ1v) is 6.92. The third-order valence-electron chi connectivity index (χ3n) is 2.79. The van der Waals surface area contributed by atoms with Gasteiger partial charge in [-0.1, -0.05) is 26.8 Å². The Bertz CT molecular complexity index is 465. The van der Waals surface area contributed by atoms with Gasteiger partial charge in [0.2, 0.25) is 0 Å². The fourth-order valence-corrected chi connectivity index (χ4v) is 2.70. The van der Waals surface area contributed by atoms with Crippen LogP contribution in [0.25, 0.3) is 10.6 Å². The molecule has 2 heterocycles. The van der Waals surface area contributed by atoms with Crippen LogP contribution in [0.1, 0.15) is 32.8 Å². The van der Waals surface area contributed by atoms with E-state index in [2.05, 4.69) is 49.3 Å². The minimum Gasteiger partial charge on any atom is -0.255 e. The van der Waals surface area contributed by atoms with Gasteiger partial charge in [-0.05, 0) is 47.4 Å². The fourth-order valence-electron chi connectivity index (χ4n) is 1.76. The molecule has 0 bridgehead atoms. The van der Waals surface area contributed by atoms with E-state index in [0.717, 1.165) is 12.1 Å². The zero-order valence-corrected chi connectivity index (χ0v) is 11.6. The SMILES string of the molecule is CC(C)(C)CCc1ccsc1-c1ccccn1. The van der Waals surface area contributed by atoms with Crippen molar-refractivity contribution in [2.45, 2.75) is 33.6 Å². The van der Waals surface area contributed by atoms with E-state index in [0.29, 0.717) is 5.41 Å². The quantitative estimate of drug-likeness (QED) is 0.757. The van der Waals surface area contributed by atoms with Crippen molar-refractivity contribution in [1.82, 2.24) is 4.98 Å². The Hall–Kier alpha value is -1.15. The molecule has 0 atom stereocenters. The van der Waals surface area contributed by atoms with Crippen LogP contribution in [0.3, 0.4) is 0 Å². The average molecular weight is 245 g/mol. The summed E-state index contributed by atoms with van der Waals surface area (Å²) in [5, 5.41) is 2.17. The van der Waals surface area contributed by atoms with Crippen molar-refractivity contribution < 1.29 is 0 Å². The number of nitrogens with zero attached hydrogens (tertiary/aromatic N) is 1. The number of aryl methyl sites for hydroxylation is 1. The number of aromatic nitrogens is 1. The maximum absolute atomic E-state index is 4.44. The summed E-state index contributed by atoms with van der Waals surface area (Å²) in [6.45, 7) is 6.87. The molecule has 90 valence electrons. The molecule has 2 heteroatoms. The summed E-state index contributed by atoms with van der Waals surface area (Å²) in [5.74, 6) is 0. The summed E-state index contributed by atoms with van der Waals surface area (Å²) in [5.41, 5.74) is 2.93. The first-order chi connectivity index (χ1) is 8.06. The number of hydrogen-bond donors (Lipinski definition) is 0. The van der Waals surface area contributed by atoms with Crippen LogP contribution in [-0.2, 0) is 6.42 Å². The summed E-state index contributed by atoms with van der Waals surface area (Å²) in [7, 11) is 0.